The maximum Gasteiger partial charge on any atom is 0.334 e. The first kappa shape index (κ1) is 15.6. The van der Waals surface area contributed by atoms with Gasteiger partial charge in [-0.2, -0.15) is 11.3 Å². The molecular formula is C16H16N2O4S. The second-order valence-corrected chi connectivity index (χ2v) is 6.07. The van der Waals surface area contributed by atoms with E-state index < -0.39 is 12.1 Å². The lowest BCUT2D eigenvalue weighted by Gasteiger charge is -2.31. The number of aromatic nitrogens is 1. The van der Waals surface area contributed by atoms with Crippen LogP contribution in [0.25, 0.3) is 11.3 Å². The van der Waals surface area contributed by atoms with E-state index in [9.17, 15) is 9.59 Å². The van der Waals surface area contributed by atoms with E-state index in [1.807, 2.05) is 22.9 Å². The summed E-state index contributed by atoms with van der Waals surface area (Å²) in [6, 6.07) is 5.55. The third-order valence-corrected chi connectivity index (χ3v) is 4.45. The summed E-state index contributed by atoms with van der Waals surface area (Å²) in [7, 11) is 0. The number of aryl methyl sites for hydroxylation is 1. The summed E-state index contributed by atoms with van der Waals surface area (Å²) >= 11 is 1.59. The quantitative estimate of drug-likeness (QED) is 0.930. The maximum absolute atomic E-state index is 12.6. The molecule has 1 aliphatic heterocycles. The van der Waals surface area contributed by atoms with Crippen molar-refractivity contribution in [1.29, 1.82) is 0 Å². The fraction of sp³-hybridized carbons (Fsp3) is 0.312. The summed E-state index contributed by atoms with van der Waals surface area (Å²) in [4.78, 5) is 29.7. The molecule has 6 nitrogen and oxygen atoms in total. The first-order valence-corrected chi connectivity index (χ1v) is 8.14. The number of rotatable bonds is 3. The zero-order valence-electron chi connectivity index (χ0n) is 12.6. The maximum atomic E-state index is 12.6. The van der Waals surface area contributed by atoms with Crippen LogP contribution >= 0.6 is 11.3 Å². The Balaban J connectivity index is 1.81. The van der Waals surface area contributed by atoms with Gasteiger partial charge in [-0.15, -0.1) is 0 Å². The number of hydrogen-bond donors (Lipinski definition) is 1. The Bertz CT molecular complexity index is 730. The van der Waals surface area contributed by atoms with Gasteiger partial charge in [0.15, 0.2) is 6.10 Å². The van der Waals surface area contributed by atoms with E-state index >= 15 is 0 Å². The molecule has 120 valence electrons. The SMILES string of the molecule is Cc1nc(-c2ccsc2)ccc1C(=O)N1CCOC(C(=O)O)C1. The highest BCUT2D eigenvalue weighted by atomic mass is 32.1. The van der Waals surface area contributed by atoms with Gasteiger partial charge in [0.25, 0.3) is 5.91 Å². The molecule has 0 spiro atoms. The summed E-state index contributed by atoms with van der Waals surface area (Å²) < 4.78 is 5.15. The van der Waals surface area contributed by atoms with Gasteiger partial charge in [0, 0.05) is 17.5 Å². The van der Waals surface area contributed by atoms with Crippen molar-refractivity contribution in [1.82, 2.24) is 9.88 Å². The van der Waals surface area contributed by atoms with Crippen LogP contribution in [0.4, 0.5) is 0 Å². The van der Waals surface area contributed by atoms with Crippen molar-refractivity contribution in [2.45, 2.75) is 13.0 Å². The third-order valence-electron chi connectivity index (χ3n) is 3.76. The zero-order valence-corrected chi connectivity index (χ0v) is 13.4. The molecule has 3 heterocycles. The summed E-state index contributed by atoms with van der Waals surface area (Å²) in [5, 5.41) is 13.0. The highest BCUT2D eigenvalue weighted by Gasteiger charge is 2.30. The summed E-state index contributed by atoms with van der Waals surface area (Å²) in [5.74, 6) is -1.26. The molecule has 1 atom stereocenters. The molecule has 1 aliphatic rings. The summed E-state index contributed by atoms with van der Waals surface area (Å²) in [6.07, 6.45) is -0.967. The predicted octanol–water partition coefficient (Wildman–Crippen LogP) is 2.04. The number of morpholine rings is 1. The van der Waals surface area contributed by atoms with Crippen molar-refractivity contribution >= 4 is 23.2 Å². The van der Waals surface area contributed by atoms with Gasteiger partial charge >= 0.3 is 5.97 Å². The Morgan fingerprint density at radius 1 is 1.39 bits per heavy atom. The summed E-state index contributed by atoms with van der Waals surface area (Å²) in [6.45, 7) is 2.45. The van der Waals surface area contributed by atoms with Crippen LogP contribution in [0.15, 0.2) is 29.0 Å². The van der Waals surface area contributed by atoms with Crippen LogP contribution in [-0.4, -0.2) is 52.7 Å². The van der Waals surface area contributed by atoms with Crippen molar-refractivity contribution in [3.8, 4) is 11.3 Å². The largest absolute Gasteiger partial charge is 0.479 e. The molecule has 2 aromatic heterocycles. The third kappa shape index (κ3) is 3.25. The highest BCUT2D eigenvalue weighted by Crippen LogP contribution is 2.22. The first-order valence-electron chi connectivity index (χ1n) is 7.20. The van der Waals surface area contributed by atoms with Crippen LogP contribution in [0.2, 0.25) is 0 Å². The van der Waals surface area contributed by atoms with E-state index in [1.54, 1.807) is 24.3 Å². The second kappa shape index (κ2) is 6.47. The lowest BCUT2D eigenvalue weighted by Crippen LogP contribution is -2.48. The number of carboxylic acids is 1. The molecule has 0 radical (unpaired) electrons. The Labute approximate surface area is 137 Å². The molecule has 7 heteroatoms. The molecular weight excluding hydrogens is 316 g/mol. The van der Waals surface area contributed by atoms with Crippen molar-refractivity contribution in [3.63, 3.8) is 0 Å². The van der Waals surface area contributed by atoms with E-state index in [2.05, 4.69) is 4.98 Å². The van der Waals surface area contributed by atoms with Gasteiger partial charge in [-0.1, -0.05) is 0 Å². The molecule has 23 heavy (non-hydrogen) atoms. The minimum atomic E-state index is -1.05. The van der Waals surface area contributed by atoms with Crippen molar-refractivity contribution in [3.05, 3.63) is 40.2 Å². The minimum Gasteiger partial charge on any atom is -0.479 e. The number of carboxylic acid groups (broad SMARTS) is 1. The topological polar surface area (TPSA) is 79.7 Å². The molecule has 3 rings (SSSR count). The van der Waals surface area contributed by atoms with Gasteiger partial charge in [-0.05, 0) is 30.5 Å². The first-order chi connectivity index (χ1) is 11.1. The Hall–Kier alpha value is -2.25. The molecule has 0 saturated carbocycles. The van der Waals surface area contributed by atoms with E-state index in [0.29, 0.717) is 17.8 Å². The number of amides is 1. The number of ether oxygens (including phenoxy) is 1. The summed E-state index contributed by atoms with van der Waals surface area (Å²) in [5.41, 5.74) is 2.98. The van der Waals surface area contributed by atoms with Crippen molar-refractivity contribution in [2.24, 2.45) is 0 Å². The molecule has 0 aromatic carbocycles. The number of carbonyl (C=O) groups is 2. The molecule has 1 saturated heterocycles. The van der Waals surface area contributed by atoms with Crippen molar-refractivity contribution < 1.29 is 19.4 Å². The van der Waals surface area contributed by atoms with Gasteiger partial charge in [0.1, 0.15) is 0 Å². The molecule has 2 aromatic rings. The smallest absolute Gasteiger partial charge is 0.334 e. The van der Waals surface area contributed by atoms with E-state index in [-0.39, 0.29) is 19.1 Å². The monoisotopic (exact) mass is 332 g/mol. The van der Waals surface area contributed by atoms with Crippen LogP contribution in [-0.2, 0) is 9.53 Å². The van der Waals surface area contributed by atoms with Gasteiger partial charge in [0.2, 0.25) is 0 Å². The van der Waals surface area contributed by atoms with Crippen LogP contribution in [0.1, 0.15) is 16.1 Å². The van der Waals surface area contributed by atoms with Crippen LogP contribution in [0.5, 0.6) is 0 Å². The van der Waals surface area contributed by atoms with E-state index in [1.165, 1.54) is 4.90 Å². The van der Waals surface area contributed by atoms with Crippen LogP contribution in [0.3, 0.4) is 0 Å². The van der Waals surface area contributed by atoms with Gasteiger partial charge in [-0.3, -0.25) is 9.78 Å². The van der Waals surface area contributed by atoms with Crippen LogP contribution in [0, 0.1) is 6.92 Å². The fourth-order valence-corrected chi connectivity index (χ4v) is 3.16. The number of hydrogen-bond acceptors (Lipinski definition) is 5. The average Bonchev–Trinajstić information content (AvgIpc) is 3.08. The number of pyridine rings is 1. The molecule has 1 N–H and O–H groups in total. The van der Waals surface area contributed by atoms with Crippen molar-refractivity contribution in [2.75, 3.05) is 19.7 Å². The Morgan fingerprint density at radius 2 is 2.22 bits per heavy atom. The van der Waals surface area contributed by atoms with E-state index in [4.69, 9.17) is 9.84 Å². The van der Waals surface area contributed by atoms with Crippen LogP contribution < -0.4 is 0 Å². The number of thiophene rings is 1. The lowest BCUT2D eigenvalue weighted by atomic mass is 10.1. The highest BCUT2D eigenvalue weighted by molar-refractivity contribution is 7.08. The second-order valence-electron chi connectivity index (χ2n) is 5.29. The van der Waals surface area contributed by atoms with Gasteiger partial charge < -0.3 is 14.7 Å². The molecule has 1 unspecified atom stereocenters. The molecule has 0 bridgehead atoms. The number of nitrogens with zero attached hydrogens (tertiary/aromatic N) is 2. The lowest BCUT2D eigenvalue weighted by molar-refractivity contribution is -0.154. The zero-order chi connectivity index (χ0) is 16.4. The minimum absolute atomic E-state index is 0.0554. The molecule has 0 aliphatic carbocycles. The normalized spacial score (nSPS) is 18.0. The Kier molecular flexibility index (Phi) is 4.40. The van der Waals surface area contributed by atoms with Gasteiger partial charge in [0.05, 0.1) is 30.1 Å². The fourth-order valence-electron chi connectivity index (χ4n) is 2.51. The molecule has 1 fully saturated rings. The Morgan fingerprint density at radius 3 is 2.87 bits per heavy atom. The average molecular weight is 332 g/mol. The molecule has 1 amide bonds. The number of aliphatic carboxylic acids is 1. The van der Waals surface area contributed by atoms with Gasteiger partial charge in [-0.25, -0.2) is 4.79 Å². The number of carbonyl (C=O) groups excluding carboxylic acids is 1. The predicted molar refractivity (Wildman–Crippen MR) is 85.6 cm³/mol. The standard InChI is InChI=1S/C16H16N2O4S/c1-10-12(2-3-13(17-10)11-4-7-23-9-11)15(19)18-5-6-22-14(8-18)16(20)21/h2-4,7,9,14H,5-6,8H2,1H3,(H,20,21). The van der Waals surface area contributed by atoms with E-state index in [0.717, 1.165) is 11.3 Å².